The van der Waals surface area contributed by atoms with Gasteiger partial charge in [-0.05, 0) is 56.2 Å². The Labute approximate surface area is 151 Å². The molecule has 0 saturated heterocycles. The first-order valence-corrected chi connectivity index (χ1v) is 8.95. The highest BCUT2D eigenvalue weighted by molar-refractivity contribution is 6.35. The molecule has 1 aromatic carbocycles. The zero-order valence-electron chi connectivity index (χ0n) is 14.3. The molecule has 1 rings (SSSR count). The summed E-state index contributed by atoms with van der Waals surface area (Å²) in [6.45, 7) is 6.59. The fourth-order valence-corrected chi connectivity index (χ4v) is 2.91. The third kappa shape index (κ3) is 7.78. The van der Waals surface area contributed by atoms with Gasteiger partial charge in [-0.2, -0.15) is 0 Å². The van der Waals surface area contributed by atoms with Crippen LogP contribution in [0.15, 0.2) is 41.5 Å². The topological polar surface area (TPSA) is 0 Å². The van der Waals surface area contributed by atoms with Crippen LogP contribution in [0, 0.1) is 18.3 Å². The lowest BCUT2D eigenvalue weighted by atomic mass is 10.0. The maximum Gasteiger partial charge on any atom is 0.0452 e. The second-order valence-corrected chi connectivity index (χ2v) is 7.15. The Balaban J connectivity index is 2.59. The fraction of sp³-hybridized carbons (Fsp3) is 0.429. The molecule has 0 radical (unpaired) electrons. The van der Waals surface area contributed by atoms with Crippen molar-refractivity contribution in [3.8, 4) is 12.3 Å². The summed E-state index contributed by atoms with van der Waals surface area (Å²) in [5, 5.41) is 1.47. The van der Waals surface area contributed by atoms with Gasteiger partial charge in [0, 0.05) is 15.6 Å². The first-order chi connectivity index (χ1) is 10.9. The monoisotopic (exact) mass is 348 g/mol. The number of hydrogen-bond acceptors (Lipinski definition) is 0. The molecule has 0 amide bonds. The molecule has 1 aromatic rings. The number of benzene rings is 1. The lowest BCUT2D eigenvalue weighted by Crippen LogP contribution is -1.90. The van der Waals surface area contributed by atoms with Crippen LogP contribution in [-0.4, -0.2) is 0 Å². The lowest BCUT2D eigenvalue weighted by molar-refractivity contribution is 0.557. The Kier molecular flexibility index (Phi) is 9.15. The minimum Gasteiger partial charge on any atom is -0.115 e. The summed E-state index contributed by atoms with van der Waals surface area (Å²) in [7, 11) is 0. The van der Waals surface area contributed by atoms with Crippen LogP contribution in [0.25, 0.3) is 0 Å². The van der Waals surface area contributed by atoms with Gasteiger partial charge in [-0.3, -0.25) is 0 Å². The van der Waals surface area contributed by atoms with Gasteiger partial charge in [-0.15, -0.1) is 6.42 Å². The van der Waals surface area contributed by atoms with Crippen LogP contribution in [0.2, 0.25) is 10.0 Å². The lowest BCUT2D eigenvalue weighted by Gasteiger charge is -2.07. The molecule has 0 nitrogen and oxygen atoms in total. The second-order valence-electron chi connectivity index (χ2n) is 6.34. The van der Waals surface area contributed by atoms with E-state index in [0.29, 0.717) is 0 Å². The summed E-state index contributed by atoms with van der Waals surface area (Å²) in [6, 6.07) is 5.63. The molecular formula is C21H26Cl2. The summed E-state index contributed by atoms with van der Waals surface area (Å²) in [5.41, 5.74) is 3.36. The van der Waals surface area contributed by atoms with Gasteiger partial charge >= 0.3 is 0 Å². The summed E-state index contributed by atoms with van der Waals surface area (Å²) in [6.07, 6.45) is 14.9. The Morgan fingerprint density at radius 2 is 1.83 bits per heavy atom. The highest BCUT2D eigenvalue weighted by Gasteiger charge is 2.05. The maximum atomic E-state index is 6.20. The van der Waals surface area contributed by atoms with Crippen LogP contribution in [0.4, 0.5) is 0 Å². The van der Waals surface area contributed by atoms with Crippen molar-refractivity contribution >= 4 is 23.2 Å². The minimum absolute atomic E-state index is 0.728. The molecular weight excluding hydrogens is 323 g/mol. The maximum absolute atomic E-state index is 6.20. The smallest absolute Gasteiger partial charge is 0.0452 e. The second kappa shape index (κ2) is 10.6. The van der Waals surface area contributed by atoms with E-state index in [0.717, 1.165) is 52.8 Å². The quantitative estimate of drug-likeness (QED) is 0.342. The molecule has 0 unspecified atom stereocenters. The molecule has 0 N–H and O–H groups in total. The van der Waals surface area contributed by atoms with Gasteiger partial charge in [-0.1, -0.05) is 73.2 Å². The number of rotatable bonds is 8. The van der Waals surface area contributed by atoms with E-state index in [1.807, 2.05) is 18.2 Å². The number of allylic oxidation sites excluding steroid dienone is 4. The average molecular weight is 349 g/mol. The van der Waals surface area contributed by atoms with Gasteiger partial charge in [0.2, 0.25) is 0 Å². The van der Waals surface area contributed by atoms with Gasteiger partial charge in [0.1, 0.15) is 0 Å². The van der Waals surface area contributed by atoms with Crippen molar-refractivity contribution in [1.82, 2.24) is 0 Å². The predicted octanol–water partition coefficient (Wildman–Crippen LogP) is 7.26. The van der Waals surface area contributed by atoms with E-state index in [9.17, 15) is 0 Å². The van der Waals surface area contributed by atoms with Crippen LogP contribution < -0.4 is 0 Å². The van der Waals surface area contributed by atoms with Crippen molar-refractivity contribution in [3.63, 3.8) is 0 Å². The molecule has 0 saturated carbocycles. The Hall–Kier alpha value is -1.16. The van der Waals surface area contributed by atoms with Crippen LogP contribution in [-0.2, 0) is 6.42 Å². The molecule has 0 spiro atoms. The molecule has 0 atom stereocenters. The van der Waals surface area contributed by atoms with E-state index in [4.69, 9.17) is 29.6 Å². The minimum atomic E-state index is 0.728. The van der Waals surface area contributed by atoms with E-state index in [1.165, 1.54) is 12.0 Å². The first kappa shape index (κ1) is 19.9. The van der Waals surface area contributed by atoms with Crippen molar-refractivity contribution in [2.75, 3.05) is 0 Å². The van der Waals surface area contributed by atoms with Gasteiger partial charge < -0.3 is 0 Å². The van der Waals surface area contributed by atoms with Crippen LogP contribution in [0.1, 0.15) is 52.0 Å². The van der Waals surface area contributed by atoms with Gasteiger partial charge in [0.25, 0.3) is 0 Å². The molecule has 0 aliphatic heterocycles. The standard InChI is InChI=1S/C21H26Cl2/c1-5-18(9-6-8-16(2)3)14-12-17(4)13-15-19-20(22)10-7-11-21(19)23/h1,7,10-12,14,16H,6,8-9,13,15H2,2-4H3/b17-12+,18-14+. The Morgan fingerprint density at radius 1 is 1.17 bits per heavy atom. The number of terminal acetylenes is 1. The molecule has 124 valence electrons. The van der Waals surface area contributed by atoms with Crippen molar-refractivity contribution in [1.29, 1.82) is 0 Å². The first-order valence-electron chi connectivity index (χ1n) is 8.19. The van der Waals surface area contributed by atoms with Crippen molar-refractivity contribution in [3.05, 3.63) is 57.1 Å². The van der Waals surface area contributed by atoms with Crippen LogP contribution in [0.3, 0.4) is 0 Å². The normalized spacial score (nSPS) is 12.6. The molecule has 0 aromatic heterocycles. The van der Waals surface area contributed by atoms with Gasteiger partial charge in [-0.25, -0.2) is 0 Å². The fourth-order valence-electron chi connectivity index (χ4n) is 2.32. The van der Waals surface area contributed by atoms with E-state index in [-0.39, 0.29) is 0 Å². The summed E-state index contributed by atoms with van der Waals surface area (Å²) >= 11 is 12.4. The third-order valence-corrected chi connectivity index (χ3v) is 4.52. The molecule has 2 heteroatoms. The zero-order chi connectivity index (χ0) is 17.2. The van der Waals surface area contributed by atoms with Gasteiger partial charge in [0.15, 0.2) is 0 Å². The van der Waals surface area contributed by atoms with Gasteiger partial charge in [0.05, 0.1) is 0 Å². The zero-order valence-corrected chi connectivity index (χ0v) is 15.8. The Bertz CT molecular complexity index is 581. The molecule has 0 heterocycles. The molecule has 23 heavy (non-hydrogen) atoms. The molecule has 0 aliphatic rings. The summed E-state index contributed by atoms with van der Waals surface area (Å²) < 4.78 is 0. The molecule has 0 bridgehead atoms. The summed E-state index contributed by atoms with van der Waals surface area (Å²) in [4.78, 5) is 0. The average Bonchev–Trinajstić information content (AvgIpc) is 2.49. The Morgan fingerprint density at radius 3 is 2.39 bits per heavy atom. The summed E-state index contributed by atoms with van der Waals surface area (Å²) in [5.74, 6) is 3.53. The SMILES string of the molecule is C#C/C(=C\C=C(/C)CCc1c(Cl)cccc1Cl)CCCC(C)C. The van der Waals surface area contributed by atoms with Crippen molar-refractivity contribution < 1.29 is 0 Å². The van der Waals surface area contributed by atoms with Crippen molar-refractivity contribution in [2.45, 2.75) is 52.9 Å². The van der Waals surface area contributed by atoms with E-state index < -0.39 is 0 Å². The number of hydrogen-bond donors (Lipinski definition) is 0. The molecule has 0 fully saturated rings. The van der Waals surface area contributed by atoms with Crippen LogP contribution in [0.5, 0.6) is 0 Å². The van der Waals surface area contributed by atoms with E-state index in [2.05, 4.69) is 38.8 Å². The molecule has 0 aliphatic carbocycles. The largest absolute Gasteiger partial charge is 0.115 e. The number of halogens is 2. The predicted molar refractivity (Wildman–Crippen MR) is 104 cm³/mol. The third-order valence-electron chi connectivity index (χ3n) is 3.81. The van der Waals surface area contributed by atoms with E-state index >= 15 is 0 Å². The highest BCUT2D eigenvalue weighted by atomic mass is 35.5. The van der Waals surface area contributed by atoms with Crippen LogP contribution >= 0.6 is 23.2 Å². The highest BCUT2D eigenvalue weighted by Crippen LogP contribution is 2.26. The van der Waals surface area contributed by atoms with E-state index in [1.54, 1.807) is 0 Å². The van der Waals surface area contributed by atoms with Crippen molar-refractivity contribution in [2.24, 2.45) is 5.92 Å².